The van der Waals surface area contributed by atoms with Gasteiger partial charge < -0.3 is 24.7 Å². The Morgan fingerprint density at radius 2 is 1.91 bits per heavy atom. The number of hydrogen-bond acceptors (Lipinski definition) is 6. The lowest BCUT2D eigenvalue weighted by atomic mass is 9.83. The van der Waals surface area contributed by atoms with Gasteiger partial charge in [-0.25, -0.2) is 4.98 Å². The van der Waals surface area contributed by atoms with Crippen LogP contribution in [0.25, 0.3) is 11.0 Å². The Balaban J connectivity index is 1.56. The lowest BCUT2D eigenvalue weighted by Crippen LogP contribution is -2.33. The summed E-state index contributed by atoms with van der Waals surface area (Å²) in [5.74, 6) is 0.437. The van der Waals surface area contributed by atoms with Gasteiger partial charge >= 0.3 is 0 Å². The third-order valence-corrected chi connectivity index (χ3v) is 6.58. The summed E-state index contributed by atoms with van der Waals surface area (Å²) in [7, 11) is 5.73. The summed E-state index contributed by atoms with van der Waals surface area (Å²) >= 11 is 5.88. The molecular formula is C25H29ClN4O4. The number of ether oxygens (including phenoxy) is 1. The number of benzene rings is 1. The first kappa shape index (κ1) is 24.0. The number of nitrogens with zero attached hydrogens (tertiary/aromatic N) is 2. The molecule has 180 valence electrons. The van der Waals surface area contributed by atoms with Gasteiger partial charge in [-0.1, -0.05) is 17.7 Å². The molecule has 0 spiro atoms. The Morgan fingerprint density at radius 1 is 1.15 bits per heavy atom. The summed E-state index contributed by atoms with van der Waals surface area (Å²) in [5.41, 5.74) is 0.737. The van der Waals surface area contributed by atoms with E-state index in [2.05, 4.69) is 34.6 Å². The van der Waals surface area contributed by atoms with E-state index in [0.29, 0.717) is 51.6 Å². The average molecular weight is 485 g/mol. The molecule has 34 heavy (non-hydrogen) atoms. The molecule has 1 fully saturated rings. The van der Waals surface area contributed by atoms with Crippen molar-refractivity contribution in [2.75, 3.05) is 31.8 Å². The van der Waals surface area contributed by atoms with Crippen molar-refractivity contribution in [1.29, 1.82) is 0 Å². The van der Waals surface area contributed by atoms with E-state index in [1.54, 1.807) is 30.3 Å². The summed E-state index contributed by atoms with van der Waals surface area (Å²) in [6.07, 6.45) is 5.99. The summed E-state index contributed by atoms with van der Waals surface area (Å²) in [4.78, 5) is 32.5. The van der Waals surface area contributed by atoms with E-state index in [0.717, 1.165) is 25.7 Å². The lowest BCUT2D eigenvalue weighted by molar-refractivity contribution is -0.117. The molecule has 8 nitrogen and oxygen atoms in total. The van der Waals surface area contributed by atoms with Crippen molar-refractivity contribution in [2.24, 2.45) is 5.92 Å². The third-order valence-electron chi connectivity index (χ3n) is 6.36. The molecular weight excluding hydrogens is 456 g/mol. The number of halogens is 1. The van der Waals surface area contributed by atoms with Crippen LogP contribution in [0, 0.1) is 5.92 Å². The fraction of sp³-hybridized carbons (Fsp3) is 0.400. The van der Waals surface area contributed by atoms with Crippen molar-refractivity contribution >= 4 is 45.9 Å². The van der Waals surface area contributed by atoms with E-state index >= 15 is 0 Å². The largest absolute Gasteiger partial charge is 0.496 e. The molecule has 9 heteroatoms. The van der Waals surface area contributed by atoms with Crippen LogP contribution in [0.5, 0.6) is 5.75 Å². The predicted molar refractivity (Wildman–Crippen MR) is 133 cm³/mol. The van der Waals surface area contributed by atoms with E-state index < -0.39 is 5.91 Å². The average Bonchev–Trinajstić information content (AvgIpc) is 3.19. The molecule has 1 aromatic carbocycles. The first-order chi connectivity index (χ1) is 16.4. The van der Waals surface area contributed by atoms with Gasteiger partial charge in [0.25, 0.3) is 5.91 Å². The van der Waals surface area contributed by atoms with Crippen LogP contribution in [-0.2, 0) is 4.79 Å². The van der Waals surface area contributed by atoms with Crippen LogP contribution in [0.1, 0.15) is 42.7 Å². The number of carbonyl (C=O) groups excluding carboxylic acids is 2. The van der Waals surface area contributed by atoms with E-state index in [1.165, 1.54) is 13.3 Å². The van der Waals surface area contributed by atoms with Crippen molar-refractivity contribution in [3.63, 3.8) is 0 Å². The van der Waals surface area contributed by atoms with Crippen molar-refractivity contribution in [2.45, 2.75) is 38.1 Å². The van der Waals surface area contributed by atoms with Gasteiger partial charge in [-0.15, -0.1) is 0 Å². The number of nitrogens with one attached hydrogen (secondary N) is 2. The van der Waals surface area contributed by atoms with Crippen LogP contribution in [0.3, 0.4) is 0 Å². The zero-order valence-electron chi connectivity index (χ0n) is 19.6. The van der Waals surface area contributed by atoms with Gasteiger partial charge in [0, 0.05) is 18.7 Å². The number of methoxy groups -OCH3 is 1. The molecule has 2 aromatic heterocycles. The number of aromatic nitrogens is 1. The molecule has 0 atom stereocenters. The minimum Gasteiger partial charge on any atom is -0.496 e. The summed E-state index contributed by atoms with van der Waals surface area (Å²) in [6.45, 7) is 0. The highest BCUT2D eigenvalue weighted by molar-refractivity contribution is 6.30. The maximum Gasteiger partial charge on any atom is 0.294 e. The highest BCUT2D eigenvalue weighted by Crippen LogP contribution is 2.38. The molecule has 0 unspecified atom stereocenters. The van der Waals surface area contributed by atoms with Crippen LogP contribution in [0.4, 0.5) is 11.5 Å². The van der Waals surface area contributed by atoms with Crippen LogP contribution in [0.15, 0.2) is 40.9 Å². The highest BCUT2D eigenvalue weighted by Gasteiger charge is 2.28. The lowest BCUT2D eigenvalue weighted by Gasteiger charge is -2.32. The molecule has 0 saturated heterocycles. The number of hydrogen-bond donors (Lipinski definition) is 2. The highest BCUT2D eigenvalue weighted by atomic mass is 35.5. The second-order valence-corrected chi connectivity index (χ2v) is 9.28. The SMILES string of the molecule is COc1cccc2oc(C(=O)Nc3ccc(Cl)cn3)c(NC(=O)CC3CCC(N(C)C)CC3)c12. The van der Waals surface area contributed by atoms with Crippen molar-refractivity contribution in [3.05, 3.63) is 47.3 Å². The zero-order chi connectivity index (χ0) is 24.2. The standard InChI is InChI=1S/C25H29ClN4O4/c1-30(2)17-10-7-15(8-11-17)13-21(31)29-23-22-18(33-3)5-4-6-19(22)34-24(23)25(32)28-20-12-9-16(26)14-27-20/h4-6,9,12,14-15,17H,7-8,10-11,13H2,1-3H3,(H,29,31)(H,27,28,32). The Morgan fingerprint density at radius 3 is 2.56 bits per heavy atom. The minimum atomic E-state index is -0.533. The fourth-order valence-electron chi connectivity index (χ4n) is 4.51. The molecule has 3 aromatic rings. The monoisotopic (exact) mass is 484 g/mol. The zero-order valence-corrected chi connectivity index (χ0v) is 20.3. The fourth-order valence-corrected chi connectivity index (χ4v) is 4.62. The molecule has 2 amide bonds. The van der Waals surface area contributed by atoms with E-state index in [4.69, 9.17) is 20.8 Å². The Kier molecular flexibility index (Phi) is 7.38. The smallest absolute Gasteiger partial charge is 0.294 e. The predicted octanol–water partition coefficient (Wildman–Crippen LogP) is 5.19. The van der Waals surface area contributed by atoms with Gasteiger partial charge in [0.05, 0.1) is 17.5 Å². The number of furan rings is 1. The summed E-state index contributed by atoms with van der Waals surface area (Å²) < 4.78 is 11.3. The van der Waals surface area contributed by atoms with E-state index in [-0.39, 0.29) is 11.7 Å². The molecule has 2 N–H and O–H groups in total. The van der Waals surface area contributed by atoms with Gasteiger partial charge in [0.2, 0.25) is 11.7 Å². The molecule has 1 aliphatic carbocycles. The van der Waals surface area contributed by atoms with Gasteiger partial charge in [0.15, 0.2) is 0 Å². The number of rotatable bonds is 7. The molecule has 1 aliphatic rings. The van der Waals surface area contributed by atoms with Crippen molar-refractivity contribution < 1.29 is 18.7 Å². The molecule has 4 rings (SSSR count). The van der Waals surface area contributed by atoms with Crippen molar-refractivity contribution in [1.82, 2.24) is 9.88 Å². The molecule has 2 heterocycles. The van der Waals surface area contributed by atoms with E-state index in [9.17, 15) is 9.59 Å². The Labute approximate surface area is 203 Å². The molecule has 0 aliphatic heterocycles. The van der Waals surface area contributed by atoms with Crippen molar-refractivity contribution in [3.8, 4) is 5.75 Å². The quantitative estimate of drug-likeness (QED) is 0.479. The van der Waals surface area contributed by atoms with Gasteiger partial charge in [0.1, 0.15) is 22.8 Å². The maximum absolute atomic E-state index is 13.1. The number of carbonyl (C=O) groups is 2. The third kappa shape index (κ3) is 5.34. The number of fused-ring (bicyclic) bond motifs is 1. The minimum absolute atomic E-state index is 0.0130. The number of pyridine rings is 1. The van der Waals surface area contributed by atoms with Crippen LogP contribution < -0.4 is 15.4 Å². The topological polar surface area (TPSA) is 96.7 Å². The number of anilines is 2. The first-order valence-corrected chi connectivity index (χ1v) is 11.7. The van der Waals surface area contributed by atoms with Crippen LogP contribution in [-0.4, -0.2) is 48.9 Å². The summed E-state index contributed by atoms with van der Waals surface area (Å²) in [5, 5.41) is 6.64. The second kappa shape index (κ2) is 10.4. The first-order valence-electron chi connectivity index (χ1n) is 11.3. The molecule has 1 saturated carbocycles. The summed E-state index contributed by atoms with van der Waals surface area (Å²) in [6, 6.07) is 9.04. The van der Waals surface area contributed by atoms with Gasteiger partial charge in [-0.3, -0.25) is 9.59 Å². The number of amides is 2. The Bertz CT molecular complexity index is 1170. The Hall–Kier alpha value is -3.10. The van der Waals surface area contributed by atoms with Gasteiger partial charge in [-0.2, -0.15) is 0 Å². The molecule has 0 radical (unpaired) electrons. The van der Waals surface area contributed by atoms with Crippen LogP contribution >= 0.6 is 11.6 Å². The van der Waals surface area contributed by atoms with E-state index in [1.807, 2.05) is 0 Å². The second-order valence-electron chi connectivity index (χ2n) is 8.85. The normalized spacial score (nSPS) is 18.1. The van der Waals surface area contributed by atoms with Gasteiger partial charge in [-0.05, 0) is 70.0 Å². The molecule has 0 bridgehead atoms. The maximum atomic E-state index is 13.1. The van der Waals surface area contributed by atoms with Crippen LogP contribution in [0.2, 0.25) is 5.02 Å².